The van der Waals surface area contributed by atoms with Crippen molar-refractivity contribution >= 4 is 30.1 Å². The third-order valence-corrected chi connectivity index (χ3v) is 8.37. The summed E-state index contributed by atoms with van der Waals surface area (Å²) < 4.78 is 17.4. The standard InChI is InChI=1S/C36H48N4O6/c1-24-9-8-10-32(38-24)40(23-36(3,4)5)35(43)29-12-11-28(44-7)20-31(29)39-16-13-26(14-17-39)22-46-33(37-6)21-30-25(2)45-18-15-27(30)19-34(41)42/h8-12,20-21,26-27H,6,13-19,22-23H2,1-5,7H3,(H,41,42)/b33-21+. The molecule has 2 aliphatic heterocycles. The van der Waals surface area contributed by atoms with E-state index in [0.29, 0.717) is 55.0 Å². The molecule has 1 saturated heterocycles. The third-order valence-electron chi connectivity index (χ3n) is 8.37. The third kappa shape index (κ3) is 9.11. The molecule has 1 aromatic heterocycles. The number of carboxylic acid groups (broad SMARTS) is 1. The van der Waals surface area contributed by atoms with E-state index in [0.717, 1.165) is 42.9 Å². The van der Waals surface area contributed by atoms with Crippen LogP contribution in [0.2, 0.25) is 0 Å². The fourth-order valence-electron chi connectivity index (χ4n) is 5.97. The number of aliphatic imine (C=N–C) groups is 1. The van der Waals surface area contributed by atoms with Gasteiger partial charge in [0.2, 0.25) is 5.88 Å². The Morgan fingerprint density at radius 1 is 1.17 bits per heavy atom. The van der Waals surface area contributed by atoms with Gasteiger partial charge in [0.25, 0.3) is 5.91 Å². The molecule has 1 atom stereocenters. The summed E-state index contributed by atoms with van der Waals surface area (Å²) in [6.07, 6.45) is 4.13. The minimum Gasteiger partial charge on any atom is -0.498 e. The van der Waals surface area contributed by atoms with Crippen LogP contribution in [0.4, 0.5) is 11.5 Å². The summed E-state index contributed by atoms with van der Waals surface area (Å²) in [5.74, 6) is 1.56. The van der Waals surface area contributed by atoms with Crippen LogP contribution in [0.5, 0.6) is 5.75 Å². The lowest BCUT2D eigenvalue weighted by atomic mass is 9.90. The van der Waals surface area contributed by atoms with Gasteiger partial charge in [-0.1, -0.05) is 26.8 Å². The van der Waals surface area contributed by atoms with Crippen LogP contribution in [-0.2, 0) is 14.3 Å². The Balaban J connectivity index is 1.49. The number of nitrogens with zero attached hydrogens (tertiary/aromatic N) is 4. The highest BCUT2D eigenvalue weighted by molar-refractivity contribution is 6.09. The second-order valence-electron chi connectivity index (χ2n) is 13.3. The van der Waals surface area contributed by atoms with Crippen molar-refractivity contribution < 1.29 is 28.9 Å². The van der Waals surface area contributed by atoms with Gasteiger partial charge in [0.15, 0.2) is 0 Å². The van der Waals surface area contributed by atoms with Crippen molar-refractivity contribution in [3.05, 3.63) is 70.9 Å². The highest BCUT2D eigenvalue weighted by Crippen LogP contribution is 2.34. The number of anilines is 2. The number of allylic oxidation sites excluding steroid dienone is 3. The number of pyridine rings is 1. The Hall–Kier alpha value is -4.34. The molecule has 46 heavy (non-hydrogen) atoms. The smallest absolute Gasteiger partial charge is 0.303 e. The zero-order valence-corrected chi connectivity index (χ0v) is 28.0. The fourth-order valence-corrected chi connectivity index (χ4v) is 5.97. The minimum atomic E-state index is -0.846. The topological polar surface area (TPSA) is 114 Å². The van der Waals surface area contributed by atoms with Crippen LogP contribution < -0.4 is 14.5 Å². The molecule has 0 bridgehead atoms. The summed E-state index contributed by atoms with van der Waals surface area (Å²) in [5.41, 5.74) is 2.96. The van der Waals surface area contributed by atoms with E-state index in [2.05, 4.69) is 42.4 Å². The van der Waals surface area contributed by atoms with Gasteiger partial charge in [-0.25, -0.2) is 9.98 Å². The predicted molar refractivity (Wildman–Crippen MR) is 181 cm³/mol. The Morgan fingerprint density at radius 3 is 2.54 bits per heavy atom. The maximum Gasteiger partial charge on any atom is 0.303 e. The first-order valence-corrected chi connectivity index (χ1v) is 15.9. The largest absolute Gasteiger partial charge is 0.498 e. The molecule has 0 saturated carbocycles. The summed E-state index contributed by atoms with van der Waals surface area (Å²) in [5, 5.41) is 9.36. The molecule has 1 amide bonds. The number of rotatable bonds is 12. The average Bonchev–Trinajstić information content (AvgIpc) is 3.02. The molecule has 0 radical (unpaired) electrons. The lowest BCUT2D eigenvalue weighted by molar-refractivity contribution is -0.138. The van der Waals surface area contributed by atoms with Crippen LogP contribution in [0.25, 0.3) is 0 Å². The molecular formula is C36H48N4O6. The molecule has 4 rings (SSSR count). The van der Waals surface area contributed by atoms with Gasteiger partial charge in [-0.2, -0.15) is 0 Å². The number of hydrogen-bond donors (Lipinski definition) is 1. The van der Waals surface area contributed by atoms with E-state index < -0.39 is 5.97 Å². The van der Waals surface area contributed by atoms with E-state index in [9.17, 15) is 14.7 Å². The first-order chi connectivity index (χ1) is 21.9. The van der Waals surface area contributed by atoms with Crippen LogP contribution in [0.3, 0.4) is 0 Å². The number of carboxylic acids is 1. The van der Waals surface area contributed by atoms with Gasteiger partial charge >= 0.3 is 5.97 Å². The quantitative estimate of drug-likeness (QED) is 0.204. The van der Waals surface area contributed by atoms with Crippen molar-refractivity contribution in [2.75, 3.05) is 49.8 Å². The highest BCUT2D eigenvalue weighted by Gasteiger charge is 2.30. The maximum absolute atomic E-state index is 14.3. The van der Waals surface area contributed by atoms with Crippen LogP contribution in [0.15, 0.2) is 64.7 Å². The van der Waals surface area contributed by atoms with Gasteiger partial charge < -0.3 is 24.2 Å². The molecule has 10 heteroatoms. The van der Waals surface area contributed by atoms with Crippen LogP contribution in [0.1, 0.15) is 69.4 Å². The molecular weight excluding hydrogens is 584 g/mol. The van der Waals surface area contributed by atoms with E-state index in [1.807, 2.05) is 50.2 Å². The minimum absolute atomic E-state index is 0.0274. The van der Waals surface area contributed by atoms with E-state index in [1.54, 1.807) is 18.1 Å². The molecule has 0 aliphatic carbocycles. The number of carbonyl (C=O) groups is 2. The number of benzene rings is 1. The van der Waals surface area contributed by atoms with Gasteiger partial charge in [-0.05, 0) is 81.0 Å². The molecule has 3 heterocycles. The van der Waals surface area contributed by atoms with Gasteiger partial charge in [-0.15, -0.1) is 0 Å². The Bertz CT molecular complexity index is 1470. The first kappa shape index (κ1) is 34.5. The van der Waals surface area contributed by atoms with Gasteiger partial charge in [0, 0.05) is 43.4 Å². The summed E-state index contributed by atoms with van der Waals surface area (Å²) in [6, 6.07) is 11.4. The molecule has 248 valence electrons. The zero-order valence-electron chi connectivity index (χ0n) is 28.0. The highest BCUT2D eigenvalue weighted by atomic mass is 16.5. The van der Waals surface area contributed by atoms with Crippen LogP contribution >= 0.6 is 0 Å². The van der Waals surface area contributed by atoms with Gasteiger partial charge in [0.05, 0.1) is 43.8 Å². The Kier molecular flexibility index (Phi) is 11.5. The first-order valence-electron chi connectivity index (χ1n) is 15.9. The van der Waals surface area contributed by atoms with Crippen molar-refractivity contribution in [2.45, 2.75) is 60.3 Å². The summed E-state index contributed by atoms with van der Waals surface area (Å²) >= 11 is 0. The summed E-state index contributed by atoms with van der Waals surface area (Å²) in [7, 11) is 1.63. The van der Waals surface area contributed by atoms with Gasteiger partial charge in [-0.3, -0.25) is 14.5 Å². The number of aliphatic carboxylic acids is 1. The van der Waals surface area contributed by atoms with Crippen molar-refractivity contribution in [3.63, 3.8) is 0 Å². The summed E-state index contributed by atoms with van der Waals surface area (Å²) in [4.78, 5) is 38.5. The molecule has 1 fully saturated rings. The van der Waals surface area contributed by atoms with E-state index >= 15 is 0 Å². The number of carbonyl (C=O) groups excluding carboxylic acids is 1. The monoisotopic (exact) mass is 632 g/mol. The van der Waals surface area contributed by atoms with E-state index in [-0.39, 0.29) is 29.6 Å². The molecule has 2 aliphatic rings. The zero-order chi connectivity index (χ0) is 33.4. The number of ether oxygens (including phenoxy) is 3. The van der Waals surface area contributed by atoms with Gasteiger partial charge in [0.1, 0.15) is 11.6 Å². The normalized spacial score (nSPS) is 17.7. The number of amides is 1. The molecule has 2 aromatic rings. The number of methoxy groups -OCH3 is 1. The lowest BCUT2D eigenvalue weighted by Crippen LogP contribution is -2.40. The van der Waals surface area contributed by atoms with Crippen molar-refractivity contribution in [2.24, 2.45) is 22.2 Å². The number of aryl methyl sites for hydroxylation is 1. The van der Waals surface area contributed by atoms with E-state index in [4.69, 9.17) is 14.2 Å². The van der Waals surface area contributed by atoms with Crippen LogP contribution in [0, 0.1) is 24.2 Å². The molecule has 1 aromatic carbocycles. The van der Waals surface area contributed by atoms with Crippen molar-refractivity contribution in [1.82, 2.24) is 4.98 Å². The molecule has 1 N–H and O–H groups in total. The second kappa shape index (κ2) is 15.3. The molecule has 0 spiro atoms. The maximum atomic E-state index is 14.3. The summed E-state index contributed by atoms with van der Waals surface area (Å²) in [6.45, 7) is 16.7. The second-order valence-corrected chi connectivity index (χ2v) is 13.3. The average molecular weight is 633 g/mol. The Morgan fingerprint density at radius 2 is 1.91 bits per heavy atom. The van der Waals surface area contributed by atoms with Crippen molar-refractivity contribution in [1.29, 1.82) is 0 Å². The van der Waals surface area contributed by atoms with E-state index in [1.165, 1.54) is 0 Å². The number of piperidine rings is 1. The Labute approximate surface area is 272 Å². The SMILES string of the molecule is C=N/C(=C\C1=C(C)OCCC1CC(=O)O)OCC1CCN(c2cc(OC)ccc2C(=O)N(CC(C)(C)C)c2cccc(C)n2)CC1. The van der Waals surface area contributed by atoms with Crippen LogP contribution in [-0.4, -0.2) is 68.6 Å². The lowest BCUT2D eigenvalue weighted by Gasteiger charge is -2.36. The fraction of sp³-hybridized carbons (Fsp3) is 0.500. The molecule has 1 unspecified atom stereocenters. The number of hydrogen-bond acceptors (Lipinski definition) is 8. The predicted octanol–water partition coefficient (Wildman–Crippen LogP) is 6.65. The van der Waals surface area contributed by atoms with Crippen molar-refractivity contribution in [3.8, 4) is 5.75 Å². The number of aromatic nitrogens is 1. The molecule has 10 nitrogen and oxygen atoms in total.